The molecule has 15 heavy (non-hydrogen) atoms. The van der Waals surface area contributed by atoms with E-state index in [-0.39, 0.29) is 0 Å². The number of methoxy groups -OCH3 is 1. The van der Waals surface area contributed by atoms with E-state index in [4.69, 9.17) is 4.74 Å². The number of nitrogens with zero attached hydrogens (tertiary/aromatic N) is 1. The standard InChI is InChI=1S/C12H26N2O/c1-14(2)9-5-4-8-13-12(10-15-3)11-6-7-11/h11-13H,4-10H2,1-3H3. The summed E-state index contributed by atoms with van der Waals surface area (Å²) < 4.78 is 5.23. The van der Waals surface area contributed by atoms with Gasteiger partial charge in [0.25, 0.3) is 0 Å². The van der Waals surface area contributed by atoms with Crippen LogP contribution >= 0.6 is 0 Å². The zero-order valence-corrected chi connectivity index (χ0v) is 10.5. The first kappa shape index (κ1) is 12.9. The van der Waals surface area contributed by atoms with Gasteiger partial charge in [-0.15, -0.1) is 0 Å². The van der Waals surface area contributed by atoms with Crippen molar-refractivity contribution in [2.75, 3.05) is 40.9 Å². The van der Waals surface area contributed by atoms with E-state index < -0.39 is 0 Å². The first-order valence-electron chi connectivity index (χ1n) is 6.11. The molecule has 3 heteroatoms. The lowest BCUT2D eigenvalue weighted by molar-refractivity contribution is 0.157. The van der Waals surface area contributed by atoms with E-state index in [0.29, 0.717) is 6.04 Å². The van der Waals surface area contributed by atoms with Crippen molar-refractivity contribution in [3.8, 4) is 0 Å². The summed E-state index contributed by atoms with van der Waals surface area (Å²) in [5.74, 6) is 0.888. The molecule has 1 atom stereocenters. The molecule has 0 saturated heterocycles. The van der Waals surface area contributed by atoms with Gasteiger partial charge in [0.2, 0.25) is 0 Å². The van der Waals surface area contributed by atoms with Crippen molar-refractivity contribution < 1.29 is 4.74 Å². The molecule has 0 spiro atoms. The Morgan fingerprint density at radius 3 is 2.60 bits per heavy atom. The minimum absolute atomic E-state index is 0.606. The van der Waals surface area contributed by atoms with Crippen molar-refractivity contribution in [3.63, 3.8) is 0 Å². The van der Waals surface area contributed by atoms with Gasteiger partial charge in [0, 0.05) is 13.2 Å². The van der Waals surface area contributed by atoms with Gasteiger partial charge >= 0.3 is 0 Å². The van der Waals surface area contributed by atoms with Gasteiger partial charge in [-0.2, -0.15) is 0 Å². The minimum atomic E-state index is 0.606. The highest BCUT2D eigenvalue weighted by Crippen LogP contribution is 2.32. The molecule has 0 aromatic heterocycles. The normalized spacial score (nSPS) is 18.4. The molecule has 1 unspecified atom stereocenters. The summed E-state index contributed by atoms with van der Waals surface area (Å²) in [6.45, 7) is 3.21. The second-order valence-corrected chi connectivity index (χ2v) is 4.86. The monoisotopic (exact) mass is 214 g/mol. The quantitative estimate of drug-likeness (QED) is 0.586. The van der Waals surface area contributed by atoms with Crippen molar-refractivity contribution >= 4 is 0 Å². The first-order valence-corrected chi connectivity index (χ1v) is 6.11. The Labute approximate surface area is 94.2 Å². The molecule has 0 heterocycles. The molecule has 1 aliphatic carbocycles. The molecule has 1 N–H and O–H groups in total. The Morgan fingerprint density at radius 2 is 2.07 bits per heavy atom. The van der Waals surface area contributed by atoms with Crippen molar-refractivity contribution in [2.24, 2.45) is 5.92 Å². The smallest absolute Gasteiger partial charge is 0.0618 e. The molecule has 0 aliphatic heterocycles. The summed E-state index contributed by atoms with van der Waals surface area (Å²) in [7, 11) is 6.06. The third-order valence-electron chi connectivity index (χ3n) is 2.98. The molecular weight excluding hydrogens is 188 g/mol. The summed E-state index contributed by atoms with van der Waals surface area (Å²) in [5.41, 5.74) is 0. The van der Waals surface area contributed by atoms with Crippen LogP contribution in [0.4, 0.5) is 0 Å². The van der Waals surface area contributed by atoms with Crippen LogP contribution in [-0.4, -0.2) is 51.8 Å². The zero-order valence-electron chi connectivity index (χ0n) is 10.5. The molecule has 1 aliphatic rings. The average molecular weight is 214 g/mol. The average Bonchev–Trinajstić information content (AvgIpc) is 2.98. The van der Waals surface area contributed by atoms with Crippen molar-refractivity contribution in [1.82, 2.24) is 10.2 Å². The molecule has 0 bridgehead atoms. The molecule has 3 nitrogen and oxygen atoms in total. The topological polar surface area (TPSA) is 24.5 Å². The highest BCUT2D eigenvalue weighted by atomic mass is 16.5. The van der Waals surface area contributed by atoms with Crippen molar-refractivity contribution in [1.29, 1.82) is 0 Å². The van der Waals surface area contributed by atoms with Gasteiger partial charge < -0.3 is 15.0 Å². The maximum Gasteiger partial charge on any atom is 0.0618 e. The maximum atomic E-state index is 5.23. The number of rotatable bonds is 9. The number of ether oxygens (including phenoxy) is 1. The van der Waals surface area contributed by atoms with Crippen LogP contribution in [0.15, 0.2) is 0 Å². The Balaban J connectivity index is 1.96. The van der Waals surface area contributed by atoms with E-state index in [1.807, 2.05) is 0 Å². The highest BCUT2D eigenvalue weighted by molar-refractivity contribution is 4.86. The predicted molar refractivity (Wildman–Crippen MR) is 64.2 cm³/mol. The van der Waals surface area contributed by atoms with Gasteiger partial charge in [0.1, 0.15) is 0 Å². The van der Waals surface area contributed by atoms with Crippen LogP contribution in [0.1, 0.15) is 25.7 Å². The summed E-state index contributed by atoms with van der Waals surface area (Å²) >= 11 is 0. The second-order valence-electron chi connectivity index (χ2n) is 4.86. The summed E-state index contributed by atoms with van der Waals surface area (Å²) in [5, 5.41) is 3.61. The van der Waals surface area contributed by atoms with Gasteiger partial charge in [-0.25, -0.2) is 0 Å². The molecule has 0 aromatic rings. The van der Waals surface area contributed by atoms with Crippen LogP contribution in [-0.2, 0) is 4.74 Å². The van der Waals surface area contributed by atoms with Crippen molar-refractivity contribution in [2.45, 2.75) is 31.7 Å². The van der Waals surface area contributed by atoms with Crippen LogP contribution in [0.3, 0.4) is 0 Å². The third kappa shape index (κ3) is 6.13. The molecule has 0 amide bonds. The lowest BCUT2D eigenvalue weighted by Crippen LogP contribution is -2.36. The Hall–Kier alpha value is -0.120. The van der Waals surface area contributed by atoms with E-state index in [1.54, 1.807) is 7.11 Å². The molecule has 0 radical (unpaired) electrons. The van der Waals surface area contributed by atoms with Gasteiger partial charge in [-0.3, -0.25) is 0 Å². The number of hydrogen-bond acceptors (Lipinski definition) is 3. The largest absolute Gasteiger partial charge is 0.383 e. The van der Waals surface area contributed by atoms with E-state index in [0.717, 1.165) is 19.1 Å². The Morgan fingerprint density at radius 1 is 1.33 bits per heavy atom. The van der Waals surface area contributed by atoms with E-state index >= 15 is 0 Å². The van der Waals surface area contributed by atoms with Crippen LogP contribution in [0.5, 0.6) is 0 Å². The molecule has 1 saturated carbocycles. The lowest BCUT2D eigenvalue weighted by Gasteiger charge is -2.17. The fourth-order valence-corrected chi connectivity index (χ4v) is 1.88. The Bertz CT molecular complexity index is 158. The number of hydrogen-bond donors (Lipinski definition) is 1. The van der Waals surface area contributed by atoms with Gasteiger partial charge in [-0.05, 0) is 58.8 Å². The summed E-state index contributed by atoms with van der Waals surface area (Å²) in [6.07, 6.45) is 5.33. The SMILES string of the molecule is COCC(NCCCCN(C)C)C1CC1. The van der Waals surface area contributed by atoms with E-state index in [1.165, 1.54) is 32.2 Å². The van der Waals surface area contributed by atoms with E-state index in [2.05, 4.69) is 24.3 Å². The van der Waals surface area contributed by atoms with Crippen molar-refractivity contribution in [3.05, 3.63) is 0 Å². The van der Waals surface area contributed by atoms with Crippen LogP contribution in [0.25, 0.3) is 0 Å². The van der Waals surface area contributed by atoms with E-state index in [9.17, 15) is 0 Å². The molecule has 90 valence electrons. The first-order chi connectivity index (χ1) is 7.24. The van der Waals surface area contributed by atoms with Crippen LogP contribution in [0, 0.1) is 5.92 Å². The number of unbranched alkanes of at least 4 members (excludes halogenated alkanes) is 1. The fraction of sp³-hybridized carbons (Fsp3) is 1.00. The lowest BCUT2D eigenvalue weighted by atomic mass is 10.2. The summed E-state index contributed by atoms with van der Waals surface area (Å²) in [4.78, 5) is 2.24. The molecule has 1 rings (SSSR count). The Kier molecular flexibility index (Phi) is 6.22. The second kappa shape index (κ2) is 7.20. The predicted octanol–water partition coefficient (Wildman–Crippen LogP) is 1.34. The highest BCUT2D eigenvalue weighted by Gasteiger charge is 2.30. The molecule has 1 fully saturated rings. The minimum Gasteiger partial charge on any atom is -0.383 e. The molecular formula is C12H26N2O. The zero-order chi connectivity index (χ0) is 11.1. The third-order valence-corrected chi connectivity index (χ3v) is 2.98. The van der Waals surface area contributed by atoms with Crippen LogP contribution in [0.2, 0.25) is 0 Å². The van der Waals surface area contributed by atoms with Gasteiger partial charge in [0.15, 0.2) is 0 Å². The van der Waals surface area contributed by atoms with Gasteiger partial charge in [-0.1, -0.05) is 0 Å². The van der Waals surface area contributed by atoms with Gasteiger partial charge in [0.05, 0.1) is 6.61 Å². The number of nitrogens with one attached hydrogen (secondary N) is 1. The molecule has 0 aromatic carbocycles. The van der Waals surface area contributed by atoms with Crippen LogP contribution < -0.4 is 5.32 Å². The summed E-state index contributed by atoms with van der Waals surface area (Å²) in [6, 6.07) is 0.606. The maximum absolute atomic E-state index is 5.23. The fourth-order valence-electron chi connectivity index (χ4n) is 1.88.